The molecule has 2 unspecified atom stereocenters. The smallest absolute Gasteiger partial charge is 0.118 e. The van der Waals surface area contributed by atoms with Crippen molar-refractivity contribution >= 4 is 11.3 Å². The number of hydrogen-bond acceptors (Lipinski definition) is 3. The fourth-order valence-electron chi connectivity index (χ4n) is 3.37. The van der Waals surface area contributed by atoms with Crippen LogP contribution in [0.3, 0.4) is 0 Å². The summed E-state index contributed by atoms with van der Waals surface area (Å²) in [4.78, 5) is 4.81. The Morgan fingerprint density at radius 1 is 1.40 bits per heavy atom. The van der Waals surface area contributed by atoms with Gasteiger partial charge in [-0.3, -0.25) is 0 Å². The average molecular weight is 286 g/mol. The topological polar surface area (TPSA) is 24.9 Å². The normalized spacial score (nSPS) is 25.4. The molecule has 0 spiro atoms. The lowest BCUT2D eigenvalue weighted by Crippen LogP contribution is -2.46. The van der Waals surface area contributed by atoms with E-state index in [0.29, 0.717) is 5.92 Å². The molecule has 1 aromatic heterocycles. The molecule has 1 heterocycles. The van der Waals surface area contributed by atoms with Crippen LogP contribution in [0.25, 0.3) is 0 Å². The number of aromatic nitrogens is 1. The summed E-state index contributed by atoms with van der Waals surface area (Å²) in [6.07, 6.45) is 2.34. The Morgan fingerprint density at radius 3 is 2.90 bits per heavy atom. The van der Waals surface area contributed by atoms with Crippen LogP contribution in [-0.2, 0) is 5.54 Å². The maximum Gasteiger partial charge on any atom is 0.118 e. The molecule has 0 amide bonds. The molecule has 2 aromatic rings. The van der Waals surface area contributed by atoms with Crippen molar-refractivity contribution in [1.82, 2.24) is 10.3 Å². The molecule has 0 bridgehead atoms. The van der Waals surface area contributed by atoms with E-state index in [1.807, 2.05) is 0 Å². The molecule has 20 heavy (non-hydrogen) atoms. The zero-order valence-electron chi connectivity index (χ0n) is 12.4. The first-order valence-electron chi connectivity index (χ1n) is 7.44. The second kappa shape index (κ2) is 5.30. The number of thiazole rings is 1. The monoisotopic (exact) mass is 286 g/mol. The van der Waals surface area contributed by atoms with Gasteiger partial charge in [0.05, 0.1) is 5.54 Å². The fraction of sp³-hybridized carbons (Fsp3) is 0.471. The van der Waals surface area contributed by atoms with Crippen LogP contribution in [0.4, 0.5) is 0 Å². The Balaban J connectivity index is 2.19. The van der Waals surface area contributed by atoms with Gasteiger partial charge < -0.3 is 5.32 Å². The van der Waals surface area contributed by atoms with Crippen LogP contribution in [0.5, 0.6) is 0 Å². The Morgan fingerprint density at radius 2 is 2.20 bits per heavy atom. The maximum atomic E-state index is 4.81. The van der Waals surface area contributed by atoms with E-state index >= 15 is 0 Å². The zero-order chi connectivity index (χ0) is 14.2. The van der Waals surface area contributed by atoms with Crippen molar-refractivity contribution in [3.05, 3.63) is 51.5 Å². The van der Waals surface area contributed by atoms with Gasteiger partial charge in [0.2, 0.25) is 0 Å². The van der Waals surface area contributed by atoms with Crippen molar-refractivity contribution in [2.45, 2.75) is 45.1 Å². The predicted molar refractivity (Wildman–Crippen MR) is 85.4 cm³/mol. The third kappa shape index (κ3) is 2.09. The van der Waals surface area contributed by atoms with Crippen molar-refractivity contribution < 1.29 is 0 Å². The summed E-state index contributed by atoms with van der Waals surface area (Å²) < 4.78 is 0. The molecular formula is C17H22N2S. The predicted octanol–water partition coefficient (Wildman–Crippen LogP) is 4.20. The molecule has 1 aliphatic carbocycles. The summed E-state index contributed by atoms with van der Waals surface area (Å²) >= 11 is 1.79. The summed E-state index contributed by atoms with van der Waals surface area (Å²) in [5.74, 6) is 0.638. The van der Waals surface area contributed by atoms with Crippen molar-refractivity contribution in [3.8, 4) is 0 Å². The molecule has 1 N–H and O–H groups in total. The third-order valence-electron chi connectivity index (χ3n) is 4.37. The lowest BCUT2D eigenvalue weighted by Gasteiger charge is -2.40. The minimum atomic E-state index is -0.0865. The minimum Gasteiger partial charge on any atom is -0.302 e. The fourth-order valence-corrected chi connectivity index (χ4v) is 4.39. The highest BCUT2D eigenvalue weighted by molar-refractivity contribution is 7.09. The Kier molecular flexibility index (Phi) is 3.65. The van der Waals surface area contributed by atoms with Gasteiger partial charge >= 0.3 is 0 Å². The van der Waals surface area contributed by atoms with Crippen molar-refractivity contribution in [1.29, 1.82) is 0 Å². The van der Waals surface area contributed by atoms with E-state index in [9.17, 15) is 0 Å². The van der Waals surface area contributed by atoms with Crippen molar-refractivity contribution in [2.24, 2.45) is 0 Å². The van der Waals surface area contributed by atoms with Crippen LogP contribution in [0.15, 0.2) is 29.6 Å². The second-order valence-electron chi connectivity index (χ2n) is 5.76. The van der Waals surface area contributed by atoms with Gasteiger partial charge in [-0.2, -0.15) is 0 Å². The molecule has 3 rings (SSSR count). The van der Waals surface area contributed by atoms with Gasteiger partial charge in [0.1, 0.15) is 5.01 Å². The summed E-state index contributed by atoms with van der Waals surface area (Å²) in [6, 6.07) is 8.88. The van der Waals surface area contributed by atoms with E-state index < -0.39 is 0 Å². The van der Waals surface area contributed by atoms with Gasteiger partial charge in [0, 0.05) is 11.1 Å². The van der Waals surface area contributed by atoms with E-state index in [2.05, 4.69) is 55.7 Å². The molecule has 2 nitrogen and oxygen atoms in total. The molecule has 0 radical (unpaired) electrons. The first-order chi connectivity index (χ1) is 9.67. The number of nitrogens with zero attached hydrogens (tertiary/aromatic N) is 1. The Bertz CT molecular complexity index is 605. The zero-order valence-corrected chi connectivity index (χ0v) is 13.3. The molecular weight excluding hydrogens is 264 g/mol. The van der Waals surface area contributed by atoms with Crippen LogP contribution in [0.2, 0.25) is 0 Å². The number of rotatable bonds is 3. The van der Waals surface area contributed by atoms with Gasteiger partial charge in [-0.25, -0.2) is 4.98 Å². The molecule has 2 atom stereocenters. The van der Waals surface area contributed by atoms with E-state index in [-0.39, 0.29) is 5.54 Å². The average Bonchev–Trinajstić information content (AvgIpc) is 2.90. The first-order valence-corrected chi connectivity index (χ1v) is 8.32. The minimum absolute atomic E-state index is 0.0865. The Labute approximate surface area is 125 Å². The molecule has 106 valence electrons. The summed E-state index contributed by atoms with van der Waals surface area (Å²) in [5.41, 5.74) is 3.94. The molecule has 0 saturated heterocycles. The molecule has 0 fully saturated rings. The number of benzene rings is 1. The molecule has 1 aromatic carbocycles. The summed E-state index contributed by atoms with van der Waals surface area (Å²) in [5, 5.41) is 7.13. The molecule has 3 heteroatoms. The maximum absolute atomic E-state index is 4.81. The Hall–Kier alpha value is -1.19. The summed E-state index contributed by atoms with van der Waals surface area (Å²) in [7, 11) is 0. The van der Waals surface area contributed by atoms with Crippen molar-refractivity contribution in [2.75, 3.05) is 6.54 Å². The van der Waals surface area contributed by atoms with Gasteiger partial charge in [-0.05, 0) is 43.4 Å². The van der Waals surface area contributed by atoms with E-state index in [4.69, 9.17) is 4.98 Å². The van der Waals surface area contributed by atoms with Crippen LogP contribution >= 0.6 is 11.3 Å². The first kappa shape index (κ1) is 13.8. The quantitative estimate of drug-likeness (QED) is 0.914. The largest absolute Gasteiger partial charge is 0.302 e. The van der Waals surface area contributed by atoms with Gasteiger partial charge in [-0.1, -0.05) is 38.1 Å². The highest BCUT2D eigenvalue weighted by atomic mass is 32.1. The van der Waals surface area contributed by atoms with Gasteiger partial charge in [0.25, 0.3) is 0 Å². The molecule has 1 aliphatic rings. The van der Waals surface area contributed by atoms with Gasteiger partial charge in [-0.15, -0.1) is 11.3 Å². The SMILES string of the molecule is CCNC1(c2nc(C)cs2)CCC(C)c2ccccc21. The van der Waals surface area contributed by atoms with Crippen LogP contribution in [0, 0.1) is 6.92 Å². The lowest BCUT2D eigenvalue weighted by atomic mass is 9.72. The molecule has 0 aliphatic heterocycles. The lowest BCUT2D eigenvalue weighted by molar-refractivity contribution is 0.332. The van der Waals surface area contributed by atoms with E-state index in [1.54, 1.807) is 11.3 Å². The van der Waals surface area contributed by atoms with E-state index in [1.165, 1.54) is 22.6 Å². The highest BCUT2D eigenvalue weighted by Crippen LogP contribution is 2.45. The standard InChI is InChI=1S/C17H22N2S/c1-4-18-17(16-19-13(3)11-20-16)10-9-12(2)14-7-5-6-8-15(14)17/h5-8,11-12,18H,4,9-10H2,1-3H3. The third-order valence-corrected chi connectivity index (χ3v) is 5.49. The number of fused-ring (bicyclic) bond motifs is 1. The molecule has 0 saturated carbocycles. The highest BCUT2D eigenvalue weighted by Gasteiger charge is 2.41. The summed E-state index contributed by atoms with van der Waals surface area (Å²) in [6.45, 7) is 7.56. The van der Waals surface area contributed by atoms with E-state index in [0.717, 1.165) is 18.7 Å². The number of aryl methyl sites for hydroxylation is 1. The number of nitrogens with one attached hydrogen (secondary N) is 1. The van der Waals surface area contributed by atoms with Crippen molar-refractivity contribution in [3.63, 3.8) is 0 Å². The number of hydrogen-bond donors (Lipinski definition) is 1. The van der Waals surface area contributed by atoms with Gasteiger partial charge in [0.15, 0.2) is 0 Å². The van der Waals surface area contributed by atoms with Crippen LogP contribution in [-0.4, -0.2) is 11.5 Å². The second-order valence-corrected chi connectivity index (χ2v) is 6.61. The van der Waals surface area contributed by atoms with Crippen LogP contribution in [0.1, 0.15) is 54.4 Å². The van der Waals surface area contributed by atoms with Crippen LogP contribution < -0.4 is 5.32 Å².